The molecule has 154 valence electrons. The van der Waals surface area contributed by atoms with Gasteiger partial charge in [0.05, 0.1) is 0 Å². The molecular weight excluding hydrogens is 319 g/mol. The van der Waals surface area contributed by atoms with E-state index in [2.05, 4.69) is 13.8 Å². The molecule has 0 aliphatic heterocycles. The van der Waals surface area contributed by atoms with E-state index in [0.29, 0.717) is 17.8 Å². The number of rotatable bonds is 2. The van der Waals surface area contributed by atoms with Gasteiger partial charge in [0.2, 0.25) is 0 Å². The van der Waals surface area contributed by atoms with Gasteiger partial charge >= 0.3 is 0 Å². The van der Waals surface area contributed by atoms with Gasteiger partial charge in [-0.2, -0.15) is 0 Å². The molecule has 6 N–H and O–H groups in total. The van der Waals surface area contributed by atoms with E-state index in [1.807, 2.05) is 0 Å². The summed E-state index contributed by atoms with van der Waals surface area (Å²) in [4.78, 5) is 0. The molecule has 0 spiro atoms. The molecule has 0 saturated heterocycles. The maximum Gasteiger partial charge on any atom is 0.103 e. The molecular formula is C21H45FO3. The topological polar surface area (TPSA) is 94.5 Å². The fraction of sp³-hybridized carbons (Fsp3) is 1.00. The van der Waals surface area contributed by atoms with Crippen LogP contribution in [-0.4, -0.2) is 22.6 Å². The van der Waals surface area contributed by atoms with Crippen LogP contribution in [0.15, 0.2) is 0 Å². The lowest BCUT2D eigenvalue weighted by atomic mass is 9.64. The predicted octanol–water partition coefficient (Wildman–Crippen LogP) is 4.56. The van der Waals surface area contributed by atoms with E-state index in [-0.39, 0.29) is 23.9 Å². The van der Waals surface area contributed by atoms with Crippen molar-refractivity contribution in [2.24, 2.45) is 35.5 Å². The van der Waals surface area contributed by atoms with Gasteiger partial charge in [-0.15, -0.1) is 0 Å². The van der Waals surface area contributed by atoms with E-state index in [0.717, 1.165) is 24.2 Å². The maximum atomic E-state index is 14.8. The zero-order chi connectivity index (χ0) is 14.8. The molecule has 3 unspecified atom stereocenters. The van der Waals surface area contributed by atoms with E-state index < -0.39 is 6.17 Å². The van der Waals surface area contributed by atoms with Gasteiger partial charge in [-0.1, -0.05) is 47.0 Å². The van der Waals surface area contributed by atoms with Crippen molar-refractivity contribution in [3.8, 4) is 0 Å². The SMILES string of the molecule is C.CC1CCC(C2CCC(C3CCC(C)CC3)C(F)C2)CC1.O.O.O. The van der Waals surface area contributed by atoms with Gasteiger partial charge in [0.15, 0.2) is 0 Å². The fourth-order valence-corrected chi connectivity index (χ4v) is 5.60. The first kappa shape index (κ1) is 27.0. The monoisotopic (exact) mass is 364 g/mol. The molecule has 0 aromatic heterocycles. The third kappa shape index (κ3) is 6.80. The Kier molecular flexibility index (Phi) is 13.2. The van der Waals surface area contributed by atoms with Crippen molar-refractivity contribution < 1.29 is 20.8 Å². The van der Waals surface area contributed by atoms with Crippen LogP contribution >= 0.6 is 0 Å². The first-order valence-corrected chi connectivity index (χ1v) is 9.77. The lowest BCUT2D eigenvalue weighted by Crippen LogP contribution is -2.36. The summed E-state index contributed by atoms with van der Waals surface area (Å²) >= 11 is 0. The summed E-state index contributed by atoms with van der Waals surface area (Å²) in [5, 5.41) is 0. The van der Waals surface area contributed by atoms with Gasteiger partial charge in [0.1, 0.15) is 6.17 Å². The van der Waals surface area contributed by atoms with Crippen LogP contribution in [0.25, 0.3) is 0 Å². The summed E-state index contributed by atoms with van der Waals surface area (Å²) in [6, 6.07) is 0. The fourth-order valence-electron chi connectivity index (χ4n) is 5.60. The summed E-state index contributed by atoms with van der Waals surface area (Å²) in [5.74, 6) is 4.50. The summed E-state index contributed by atoms with van der Waals surface area (Å²) in [5.41, 5.74) is 0. The normalized spacial score (nSPS) is 41.2. The maximum absolute atomic E-state index is 14.8. The average Bonchev–Trinajstić information content (AvgIpc) is 2.49. The van der Waals surface area contributed by atoms with Gasteiger partial charge in [-0.25, -0.2) is 4.39 Å². The second kappa shape index (κ2) is 12.2. The van der Waals surface area contributed by atoms with E-state index >= 15 is 0 Å². The molecule has 3 fully saturated rings. The van der Waals surface area contributed by atoms with Gasteiger partial charge < -0.3 is 16.4 Å². The Bertz CT molecular complexity index is 323. The third-order valence-corrected chi connectivity index (χ3v) is 7.26. The molecule has 0 aromatic rings. The van der Waals surface area contributed by atoms with Crippen molar-refractivity contribution in [2.75, 3.05) is 0 Å². The Hall–Kier alpha value is -0.190. The number of halogens is 1. The van der Waals surface area contributed by atoms with E-state index in [1.165, 1.54) is 64.2 Å². The van der Waals surface area contributed by atoms with Crippen molar-refractivity contribution >= 4 is 0 Å². The first-order chi connectivity index (χ1) is 10.1. The lowest BCUT2D eigenvalue weighted by molar-refractivity contribution is 0.0349. The molecule has 3 rings (SSSR count). The minimum atomic E-state index is -0.485. The Morgan fingerprint density at radius 1 is 0.560 bits per heavy atom. The highest BCUT2D eigenvalue weighted by molar-refractivity contribution is 4.89. The van der Waals surface area contributed by atoms with E-state index in [4.69, 9.17) is 0 Å². The van der Waals surface area contributed by atoms with Gasteiger partial charge in [-0.05, 0) is 80.5 Å². The molecule has 3 saturated carbocycles. The van der Waals surface area contributed by atoms with Crippen LogP contribution in [0.3, 0.4) is 0 Å². The van der Waals surface area contributed by atoms with Crippen molar-refractivity contribution in [1.82, 2.24) is 0 Å². The van der Waals surface area contributed by atoms with Crippen LogP contribution in [0, 0.1) is 35.5 Å². The molecule has 3 aliphatic rings. The third-order valence-electron chi connectivity index (χ3n) is 7.26. The number of alkyl halides is 1. The summed E-state index contributed by atoms with van der Waals surface area (Å²) in [6.45, 7) is 4.75. The minimum Gasteiger partial charge on any atom is -0.412 e. The molecule has 3 aliphatic carbocycles. The highest BCUT2D eigenvalue weighted by atomic mass is 19.1. The van der Waals surface area contributed by atoms with E-state index in [1.54, 1.807) is 0 Å². The summed E-state index contributed by atoms with van der Waals surface area (Å²) in [6.07, 6.45) is 13.8. The van der Waals surface area contributed by atoms with Gasteiger partial charge in [0, 0.05) is 0 Å². The first-order valence-electron chi connectivity index (χ1n) is 9.77. The van der Waals surface area contributed by atoms with Crippen LogP contribution in [0.5, 0.6) is 0 Å². The second-order valence-electron chi connectivity index (χ2n) is 8.79. The van der Waals surface area contributed by atoms with Crippen LogP contribution in [0.4, 0.5) is 4.39 Å². The van der Waals surface area contributed by atoms with Crippen LogP contribution in [-0.2, 0) is 0 Å². The largest absolute Gasteiger partial charge is 0.412 e. The van der Waals surface area contributed by atoms with Crippen LogP contribution in [0.2, 0.25) is 0 Å². The molecule has 4 heteroatoms. The summed E-state index contributed by atoms with van der Waals surface area (Å²) < 4.78 is 14.8. The molecule has 0 aromatic carbocycles. The minimum absolute atomic E-state index is 0. The number of hydrogen-bond donors (Lipinski definition) is 0. The Morgan fingerprint density at radius 3 is 1.40 bits per heavy atom. The molecule has 0 heterocycles. The molecule has 25 heavy (non-hydrogen) atoms. The van der Waals surface area contributed by atoms with Crippen molar-refractivity contribution in [1.29, 1.82) is 0 Å². The lowest BCUT2D eigenvalue weighted by Gasteiger charge is -2.42. The molecule has 3 atom stereocenters. The van der Waals surface area contributed by atoms with Crippen molar-refractivity contribution in [2.45, 2.75) is 98.1 Å². The van der Waals surface area contributed by atoms with Crippen molar-refractivity contribution in [3.63, 3.8) is 0 Å². The van der Waals surface area contributed by atoms with Crippen LogP contribution in [0.1, 0.15) is 91.9 Å². The number of hydrogen-bond acceptors (Lipinski definition) is 0. The van der Waals surface area contributed by atoms with Crippen molar-refractivity contribution in [3.05, 3.63) is 0 Å². The Balaban J connectivity index is 0. The highest BCUT2D eigenvalue weighted by Crippen LogP contribution is 2.46. The summed E-state index contributed by atoms with van der Waals surface area (Å²) in [7, 11) is 0. The van der Waals surface area contributed by atoms with Gasteiger partial charge in [0.25, 0.3) is 0 Å². The average molecular weight is 365 g/mol. The molecule has 0 amide bonds. The molecule has 3 nitrogen and oxygen atoms in total. The zero-order valence-corrected chi connectivity index (χ0v) is 15.7. The zero-order valence-electron chi connectivity index (χ0n) is 15.7. The standard InChI is InChI=1S/C20H35F.CH4.3H2O/c1-14-3-7-16(8-4-14)18-11-12-19(20(21)13-18)17-9-5-15(2)6-10-17;;;;/h14-20H,3-13H2,1-2H3;1H4;3*1H2. The smallest absolute Gasteiger partial charge is 0.103 e. The molecule has 0 radical (unpaired) electrons. The predicted molar refractivity (Wildman–Crippen MR) is 106 cm³/mol. The van der Waals surface area contributed by atoms with Gasteiger partial charge in [-0.3, -0.25) is 0 Å². The Morgan fingerprint density at radius 2 is 0.960 bits per heavy atom. The highest BCUT2D eigenvalue weighted by Gasteiger charge is 2.39. The quantitative estimate of drug-likeness (QED) is 0.687. The molecule has 0 bridgehead atoms. The Labute approximate surface area is 155 Å². The van der Waals surface area contributed by atoms with Crippen LogP contribution < -0.4 is 0 Å². The van der Waals surface area contributed by atoms with E-state index in [9.17, 15) is 4.39 Å². The second-order valence-corrected chi connectivity index (χ2v) is 8.79.